The van der Waals surface area contributed by atoms with Gasteiger partial charge in [-0.2, -0.15) is 11.8 Å². The molecular formula is C15H27N3S. The molecule has 2 N–H and O–H groups in total. The summed E-state index contributed by atoms with van der Waals surface area (Å²) in [7, 11) is 1.86. The molecule has 0 amide bonds. The van der Waals surface area contributed by atoms with Gasteiger partial charge in [0.25, 0.3) is 0 Å². The molecule has 19 heavy (non-hydrogen) atoms. The second-order valence-electron chi connectivity index (χ2n) is 5.86. The van der Waals surface area contributed by atoms with Gasteiger partial charge in [-0.25, -0.2) is 0 Å². The number of hydrogen-bond donors (Lipinski definition) is 2. The van der Waals surface area contributed by atoms with Gasteiger partial charge in [-0.1, -0.05) is 12.2 Å². The summed E-state index contributed by atoms with van der Waals surface area (Å²) in [6, 6.07) is 0. The van der Waals surface area contributed by atoms with Gasteiger partial charge in [0.15, 0.2) is 5.96 Å². The Hall–Kier alpha value is -0.640. The minimum atomic E-state index is 0.394. The van der Waals surface area contributed by atoms with Gasteiger partial charge in [-0.05, 0) is 50.7 Å². The van der Waals surface area contributed by atoms with E-state index < -0.39 is 0 Å². The van der Waals surface area contributed by atoms with E-state index in [0.29, 0.717) is 4.75 Å². The molecule has 0 aromatic rings. The van der Waals surface area contributed by atoms with E-state index in [1.807, 2.05) is 7.05 Å². The molecule has 2 unspecified atom stereocenters. The summed E-state index contributed by atoms with van der Waals surface area (Å²) < 4.78 is 0.394. The molecular weight excluding hydrogens is 254 g/mol. The van der Waals surface area contributed by atoms with Crippen LogP contribution in [0.1, 0.15) is 39.0 Å². The summed E-state index contributed by atoms with van der Waals surface area (Å²) in [6.07, 6.45) is 11.0. The number of allylic oxidation sites excluding steroid dienone is 2. The minimum Gasteiger partial charge on any atom is -0.356 e. The van der Waals surface area contributed by atoms with E-state index in [0.717, 1.165) is 25.0 Å². The Bertz CT molecular complexity index is 332. The van der Waals surface area contributed by atoms with Gasteiger partial charge >= 0.3 is 0 Å². The smallest absolute Gasteiger partial charge is 0.191 e. The molecule has 0 aromatic heterocycles. The molecule has 1 fully saturated rings. The first-order valence-electron chi connectivity index (χ1n) is 7.45. The van der Waals surface area contributed by atoms with Gasteiger partial charge in [0.05, 0.1) is 0 Å². The quantitative estimate of drug-likeness (QED) is 0.472. The Morgan fingerprint density at radius 3 is 2.95 bits per heavy atom. The molecule has 0 spiro atoms. The second kappa shape index (κ2) is 7.22. The van der Waals surface area contributed by atoms with Crippen LogP contribution in [0.5, 0.6) is 0 Å². The molecule has 2 aliphatic rings. The van der Waals surface area contributed by atoms with Crippen molar-refractivity contribution in [2.75, 3.05) is 25.9 Å². The molecule has 1 aliphatic carbocycles. The molecule has 0 radical (unpaired) electrons. The van der Waals surface area contributed by atoms with E-state index in [2.05, 4.69) is 46.5 Å². The lowest BCUT2D eigenvalue weighted by Crippen LogP contribution is -2.45. The fraction of sp³-hybridized carbons (Fsp3) is 0.800. The van der Waals surface area contributed by atoms with Crippen molar-refractivity contribution in [3.05, 3.63) is 12.2 Å². The van der Waals surface area contributed by atoms with E-state index in [4.69, 9.17) is 0 Å². The van der Waals surface area contributed by atoms with Crippen LogP contribution in [0.2, 0.25) is 0 Å². The summed E-state index contributed by atoms with van der Waals surface area (Å²) in [5.41, 5.74) is 0. The fourth-order valence-corrected chi connectivity index (χ4v) is 3.99. The van der Waals surface area contributed by atoms with E-state index in [-0.39, 0.29) is 0 Å². The first-order valence-corrected chi connectivity index (χ1v) is 8.44. The molecule has 1 aliphatic heterocycles. The lowest BCUT2D eigenvalue weighted by molar-refractivity contribution is 0.468. The Balaban J connectivity index is 1.69. The number of aliphatic imine (C=N–C) groups is 1. The Kier molecular flexibility index (Phi) is 5.61. The first-order chi connectivity index (χ1) is 9.22. The highest BCUT2D eigenvalue weighted by Gasteiger charge is 2.29. The van der Waals surface area contributed by atoms with Crippen LogP contribution in [0.25, 0.3) is 0 Å². The van der Waals surface area contributed by atoms with Crippen molar-refractivity contribution in [2.24, 2.45) is 10.9 Å². The predicted molar refractivity (Wildman–Crippen MR) is 85.9 cm³/mol. The van der Waals surface area contributed by atoms with Crippen LogP contribution in [0.3, 0.4) is 0 Å². The maximum absolute atomic E-state index is 4.33. The molecule has 0 saturated carbocycles. The van der Waals surface area contributed by atoms with Gasteiger partial charge in [0.1, 0.15) is 0 Å². The van der Waals surface area contributed by atoms with Crippen molar-refractivity contribution in [2.45, 2.75) is 43.8 Å². The highest BCUT2D eigenvalue weighted by atomic mass is 32.2. The van der Waals surface area contributed by atoms with Crippen LogP contribution >= 0.6 is 11.8 Å². The van der Waals surface area contributed by atoms with Gasteiger partial charge in [0.2, 0.25) is 0 Å². The SMILES string of the molecule is CN=C(NCC1CC=CCC1)NCC1(C)CCCS1. The number of thioether (sulfide) groups is 1. The topological polar surface area (TPSA) is 36.4 Å². The van der Waals surface area contributed by atoms with Crippen molar-refractivity contribution in [3.8, 4) is 0 Å². The summed E-state index contributed by atoms with van der Waals surface area (Å²) >= 11 is 2.09. The lowest BCUT2D eigenvalue weighted by atomic mass is 9.94. The molecule has 1 heterocycles. The Labute approximate surface area is 121 Å². The van der Waals surface area contributed by atoms with Crippen molar-refractivity contribution in [1.82, 2.24) is 10.6 Å². The number of hydrogen-bond acceptors (Lipinski definition) is 2. The van der Waals surface area contributed by atoms with Gasteiger partial charge < -0.3 is 10.6 Å². The van der Waals surface area contributed by atoms with Crippen molar-refractivity contribution < 1.29 is 0 Å². The zero-order valence-corrected chi connectivity index (χ0v) is 13.1. The maximum Gasteiger partial charge on any atom is 0.191 e. The Morgan fingerprint density at radius 2 is 2.32 bits per heavy atom. The largest absolute Gasteiger partial charge is 0.356 e. The van der Waals surface area contributed by atoms with Crippen LogP contribution in [-0.4, -0.2) is 36.6 Å². The number of nitrogens with zero attached hydrogens (tertiary/aromatic N) is 1. The van der Waals surface area contributed by atoms with Gasteiger partial charge in [-0.3, -0.25) is 4.99 Å². The number of rotatable bonds is 4. The Morgan fingerprint density at radius 1 is 1.42 bits per heavy atom. The highest BCUT2D eigenvalue weighted by molar-refractivity contribution is 8.00. The summed E-state index contributed by atoms with van der Waals surface area (Å²) in [5.74, 6) is 3.03. The second-order valence-corrected chi connectivity index (χ2v) is 7.54. The molecule has 108 valence electrons. The standard InChI is InChI=1S/C15H27N3S/c1-15(9-6-10-19-15)12-18-14(16-2)17-11-13-7-4-3-5-8-13/h3-4,13H,5-12H2,1-2H3,(H2,16,17,18). The minimum absolute atomic E-state index is 0.394. The monoisotopic (exact) mass is 281 g/mol. The zero-order valence-electron chi connectivity index (χ0n) is 12.2. The third kappa shape index (κ3) is 4.75. The number of guanidine groups is 1. The molecule has 2 rings (SSSR count). The van der Waals surface area contributed by atoms with E-state index >= 15 is 0 Å². The summed E-state index contributed by atoms with van der Waals surface area (Å²) in [5, 5.41) is 6.97. The molecule has 4 heteroatoms. The molecule has 0 aromatic carbocycles. The van der Waals surface area contributed by atoms with Crippen LogP contribution in [0, 0.1) is 5.92 Å². The zero-order chi connectivity index (χ0) is 13.6. The summed E-state index contributed by atoms with van der Waals surface area (Å²) in [4.78, 5) is 4.33. The van der Waals surface area contributed by atoms with Gasteiger partial charge in [0, 0.05) is 24.9 Å². The van der Waals surface area contributed by atoms with Crippen molar-refractivity contribution in [1.29, 1.82) is 0 Å². The van der Waals surface area contributed by atoms with E-state index in [1.54, 1.807) is 0 Å². The summed E-state index contributed by atoms with van der Waals surface area (Å²) in [6.45, 7) is 4.41. The molecule has 3 nitrogen and oxygen atoms in total. The first kappa shape index (κ1) is 14.8. The van der Waals surface area contributed by atoms with Crippen LogP contribution < -0.4 is 10.6 Å². The third-order valence-corrected chi connectivity index (χ3v) is 5.63. The van der Waals surface area contributed by atoms with Crippen LogP contribution in [0.15, 0.2) is 17.1 Å². The van der Waals surface area contributed by atoms with Crippen molar-refractivity contribution in [3.63, 3.8) is 0 Å². The lowest BCUT2D eigenvalue weighted by Gasteiger charge is -2.25. The highest BCUT2D eigenvalue weighted by Crippen LogP contribution is 2.36. The normalized spacial score (nSPS) is 31.5. The predicted octanol–water partition coefficient (Wildman–Crippen LogP) is 2.79. The van der Waals surface area contributed by atoms with E-state index in [9.17, 15) is 0 Å². The van der Waals surface area contributed by atoms with Crippen molar-refractivity contribution >= 4 is 17.7 Å². The molecule has 1 saturated heterocycles. The average Bonchev–Trinajstić information content (AvgIpc) is 2.87. The average molecular weight is 281 g/mol. The number of nitrogens with one attached hydrogen (secondary N) is 2. The fourth-order valence-electron chi connectivity index (χ4n) is 2.75. The van der Waals surface area contributed by atoms with Crippen LogP contribution in [0.4, 0.5) is 0 Å². The molecule has 0 bridgehead atoms. The third-order valence-electron chi connectivity index (χ3n) is 4.09. The van der Waals surface area contributed by atoms with E-state index in [1.165, 1.54) is 37.9 Å². The van der Waals surface area contributed by atoms with Crippen LogP contribution in [-0.2, 0) is 0 Å². The molecule has 2 atom stereocenters. The van der Waals surface area contributed by atoms with Gasteiger partial charge in [-0.15, -0.1) is 0 Å². The maximum atomic E-state index is 4.33.